The quantitative estimate of drug-likeness (QED) is 0.694. The van der Waals surface area contributed by atoms with Gasteiger partial charge in [0.2, 0.25) is 0 Å². The second kappa shape index (κ2) is 7.23. The van der Waals surface area contributed by atoms with E-state index in [-0.39, 0.29) is 5.91 Å². The standard InChI is InChI=1S/C18H15BrN4O/c1-12-2-7-15(10-21-12)22-17-11-20-9-8-16(17)23-18(24)13-3-5-14(19)6-4-13/h2-11,22H,1H3,(H,20,23,24). The smallest absolute Gasteiger partial charge is 0.255 e. The fourth-order valence-corrected chi connectivity index (χ4v) is 2.36. The summed E-state index contributed by atoms with van der Waals surface area (Å²) in [7, 11) is 0. The molecule has 0 saturated carbocycles. The molecule has 0 unspecified atom stereocenters. The highest BCUT2D eigenvalue weighted by molar-refractivity contribution is 9.10. The van der Waals surface area contributed by atoms with Crippen LogP contribution < -0.4 is 10.6 Å². The zero-order chi connectivity index (χ0) is 16.9. The summed E-state index contributed by atoms with van der Waals surface area (Å²) < 4.78 is 0.928. The Labute approximate surface area is 148 Å². The van der Waals surface area contributed by atoms with E-state index in [1.54, 1.807) is 36.8 Å². The van der Waals surface area contributed by atoms with Gasteiger partial charge in [-0.2, -0.15) is 0 Å². The second-order valence-corrected chi connectivity index (χ2v) is 6.11. The fraction of sp³-hybridized carbons (Fsp3) is 0.0556. The topological polar surface area (TPSA) is 66.9 Å². The first-order valence-corrected chi connectivity index (χ1v) is 8.12. The van der Waals surface area contributed by atoms with Gasteiger partial charge in [-0.3, -0.25) is 14.8 Å². The summed E-state index contributed by atoms with van der Waals surface area (Å²) in [6.07, 6.45) is 5.04. The van der Waals surface area contributed by atoms with Gasteiger partial charge in [0.15, 0.2) is 0 Å². The summed E-state index contributed by atoms with van der Waals surface area (Å²) in [5, 5.41) is 6.12. The van der Waals surface area contributed by atoms with Gasteiger partial charge in [-0.05, 0) is 49.4 Å². The van der Waals surface area contributed by atoms with Crippen molar-refractivity contribution in [3.05, 3.63) is 76.8 Å². The van der Waals surface area contributed by atoms with E-state index in [1.165, 1.54) is 0 Å². The van der Waals surface area contributed by atoms with Crippen LogP contribution in [0.4, 0.5) is 17.1 Å². The molecule has 2 aromatic heterocycles. The third-order valence-electron chi connectivity index (χ3n) is 3.37. The minimum Gasteiger partial charge on any atom is -0.351 e. The zero-order valence-electron chi connectivity index (χ0n) is 13.0. The zero-order valence-corrected chi connectivity index (χ0v) is 14.5. The minimum atomic E-state index is -0.182. The molecule has 2 N–H and O–H groups in total. The number of hydrogen-bond acceptors (Lipinski definition) is 4. The van der Waals surface area contributed by atoms with E-state index in [0.29, 0.717) is 16.9 Å². The van der Waals surface area contributed by atoms with Gasteiger partial charge in [-0.1, -0.05) is 15.9 Å². The molecular formula is C18H15BrN4O. The molecule has 120 valence electrons. The van der Waals surface area contributed by atoms with E-state index < -0.39 is 0 Å². The summed E-state index contributed by atoms with van der Waals surface area (Å²) in [6.45, 7) is 1.93. The fourth-order valence-electron chi connectivity index (χ4n) is 2.10. The molecule has 0 aliphatic carbocycles. The van der Waals surface area contributed by atoms with Crippen LogP contribution in [0.15, 0.2) is 65.5 Å². The summed E-state index contributed by atoms with van der Waals surface area (Å²) in [4.78, 5) is 20.7. The molecule has 0 atom stereocenters. The number of pyridine rings is 2. The van der Waals surface area contributed by atoms with Crippen molar-refractivity contribution >= 4 is 38.9 Å². The van der Waals surface area contributed by atoms with Gasteiger partial charge in [0, 0.05) is 21.9 Å². The Morgan fingerprint density at radius 2 is 1.79 bits per heavy atom. The molecule has 24 heavy (non-hydrogen) atoms. The highest BCUT2D eigenvalue weighted by Gasteiger charge is 2.09. The number of nitrogens with one attached hydrogen (secondary N) is 2. The number of hydrogen-bond donors (Lipinski definition) is 2. The van der Waals surface area contributed by atoms with Gasteiger partial charge in [0.25, 0.3) is 5.91 Å². The normalized spacial score (nSPS) is 10.2. The van der Waals surface area contributed by atoms with Crippen LogP contribution >= 0.6 is 15.9 Å². The minimum absolute atomic E-state index is 0.182. The highest BCUT2D eigenvalue weighted by atomic mass is 79.9. The molecule has 1 amide bonds. The van der Waals surface area contributed by atoms with Crippen molar-refractivity contribution in [3.63, 3.8) is 0 Å². The van der Waals surface area contributed by atoms with Crippen molar-refractivity contribution < 1.29 is 4.79 Å². The largest absolute Gasteiger partial charge is 0.351 e. The number of aromatic nitrogens is 2. The number of nitrogens with zero attached hydrogens (tertiary/aromatic N) is 2. The van der Waals surface area contributed by atoms with Crippen molar-refractivity contribution in [2.45, 2.75) is 6.92 Å². The molecule has 0 fully saturated rings. The molecular weight excluding hydrogens is 368 g/mol. The van der Waals surface area contributed by atoms with Crippen LogP contribution in [-0.2, 0) is 0 Å². The molecule has 2 heterocycles. The average Bonchev–Trinajstić information content (AvgIpc) is 2.59. The van der Waals surface area contributed by atoms with Gasteiger partial charge >= 0.3 is 0 Å². The Morgan fingerprint density at radius 1 is 1.00 bits per heavy atom. The number of amides is 1. The lowest BCUT2D eigenvalue weighted by atomic mass is 10.2. The van der Waals surface area contributed by atoms with Gasteiger partial charge in [-0.25, -0.2) is 0 Å². The molecule has 0 bridgehead atoms. The van der Waals surface area contributed by atoms with E-state index in [1.807, 2.05) is 31.2 Å². The van der Waals surface area contributed by atoms with Crippen molar-refractivity contribution in [2.75, 3.05) is 10.6 Å². The molecule has 0 saturated heterocycles. The lowest BCUT2D eigenvalue weighted by Gasteiger charge is -2.12. The van der Waals surface area contributed by atoms with Gasteiger partial charge in [0.05, 0.1) is 29.5 Å². The number of carbonyl (C=O) groups excluding carboxylic acids is 1. The SMILES string of the molecule is Cc1ccc(Nc2cnccc2NC(=O)c2ccc(Br)cc2)cn1. The average molecular weight is 383 g/mol. The second-order valence-electron chi connectivity index (χ2n) is 5.20. The van der Waals surface area contributed by atoms with Crippen LogP contribution in [0, 0.1) is 6.92 Å². The van der Waals surface area contributed by atoms with Crippen LogP contribution in [-0.4, -0.2) is 15.9 Å². The van der Waals surface area contributed by atoms with E-state index in [4.69, 9.17) is 0 Å². The Hall–Kier alpha value is -2.73. The first-order chi connectivity index (χ1) is 11.6. The number of rotatable bonds is 4. The maximum atomic E-state index is 12.4. The van der Waals surface area contributed by atoms with Crippen LogP contribution in [0.2, 0.25) is 0 Å². The first kappa shape index (κ1) is 16.1. The van der Waals surface area contributed by atoms with Crippen LogP contribution in [0.5, 0.6) is 0 Å². The summed E-state index contributed by atoms with van der Waals surface area (Å²) >= 11 is 3.36. The summed E-state index contributed by atoms with van der Waals surface area (Å²) in [6, 6.07) is 12.8. The number of anilines is 3. The third kappa shape index (κ3) is 3.97. The molecule has 3 rings (SSSR count). The van der Waals surface area contributed by atoms with Crippen LogP contribution in [0.1, 0.15) is 16.1 Å². The van der Waals surface area contributed by atoms with Crippen LogP contribution in [0.3, 0.4) is 0 Å². The monoisotopic (exact) mass is 382 g/mol. The van der Waals surface area contributed by atoms with E-state index >= 15 is 0 Å². The number of benzene rings is 1. The summed E-state index contributed by atoms with van der Waals surface area (Å²) in [5.74, 6) is -0.182. The Bertz CT molecular complexity index is 848. The number of halogens is 1. The van der Waals surface area contributed by atoms with Crippen molar-refractivity contribution in [1.82, 2.24) is 9.97 Å². The van der Waals surface area contributed by atoms with Crippen molar-refractivity contribution in [3.8, 4) is 0 Å². The lowest BCUT2D eigenvalue weighted by molar-refractivity contribution is 0.102. The highest BCUT2D eigenvalue weighted by Crippen LogP contribution is 2.24. The molecule has 0 aliphatic rings. The molecule has 3 aromatic rings. The maximum absolute atomic E-state index is 12.4. The third-order valence-corrected chi connectivity index (χ3v) is 3.89. The lowest BCUT2D eigenvalue weighted by Crippen LogP contribution is -2.13. The molecule has 5 nitrogen and oxygen atoms in total. The number of aryl methyl sites for hydroxylation is 1. The van der Waals surface area contributed by atoms with Crippen molar-refractivity contribution in [2.24, 2.45) is 0 Å². The van der Waals surface area contributed by atoms with E-state index in [0.717, 1.165) is 15.9 Å². The van der Waals surface area contributed by atoms with Gasteiger partial charge in [0.1, 0.15) is 0 Å². The predicted molar refractivity (Wildman–Crippen MR) is 98.6 cm³/mol. The molecule has 0 aliphatic heterocycles. The van der Waals surface area contributed by atoms with Crippen LogP contribution in [0.25, 0.3) is 0 Å². The van der Waals surface area contributed by atoms with E-state index in [9.17, 15) is 4.79 Å². The maximum Gasteiger partial charge on any atom is 0.255 e. The molecule has 1 aromatic carbocycles. The Morgan fingerprint density at radius 3 is 2.50 bits per heavy atom. The number of carbonyl (C=O) groups is 1. The first-order valence-electron chi connectivity index (χ1n) is 7.32. The van der Waals surface area contributed by atoms with E-state index in [2.05, 4.69) is 36.5 Å². The predicted octanol–water partition coefficient (Wildman–Crippen LogP) is 4.54. The van der Waals surface area contributed by atoms with Crippen molar-refractivity contribution in [1.29, 1.82) is 0 Å². The molecule has 0 radical (unpaired) electrons. The van der Waals surface area contributed by atoms with Gasteiger partial charge < -0.3 is 10.6 Å². The Kier molecular flexibility index (Phi) is 4.86. The molecule has 0 spiro atoms. The molecule has 6 heteroatoms. The summed E-state index contributed by atoms with van der Waals surface area (Å²) in [5.41, 5.74) is 3.70. The Balaban J connectivity index is 1.79. The van der Waals surface area contributed by atoms with Gasteiger partial charge in [-0.15, -0.1) is 0 Å².